The molecule has 98 valence electrons. The fraction of sp³-hybridized carbons (Fsp3) is 0.143. The van der Waals surface area contributed by atoms with Crippen molar-refractivity contribution in [2.24, 2.45) is 0 Å². The van der Waals surface area contributed by atoms with Gasteiger partial charge in [-0.15, -0.1) is 0 Å². The number of benzene rings is 1. The third kappa shape index (κ3) is 2.49. The van der Waals surface area contributed by atoms with Gasteiger partial charge in [0.2, 0.25) is 0 Å². The Morgan fingerprint density at radius 2 is 1.84 bits per heavy atom. The van der Waals surface area contributed by atoms with Crippen LogP contribution in [0.15, 0.2) is 48.7 Å². The van der Waals surface area contributed by atoms with Gasteiger partial charge >= 0.3 is 5.97 Å². The first-order chi connectivity index (χ1) is 9.04. The number of aromatic nitrogens is 1. The molecule has 0 aliphatic rings. The van der Waals surface area contributed by atoms with Crippen LogP contribution in [0.2, 0.25) is 0 Å². The molecule has 3 N–H and O–H groups in total. The van der Waals surface area contributed by atoms with Gasteiger partial charge in [0.25, 0.3) is 5.91 Å². The molecule has 5 heteroatoms. The van der Waals surface area contributed by atoms with E-state index in [-0.39, 0.29) is 0 Å². The first-order valence-electron chi connectivity index (χ1n) is 5.79. The first-order valence-corrected chi connectivity index (χ1v) is 5.79. The van der Waals surface area contributed by atoms with E-state index in [4.69, 9.17) is 0 Å². The Morgan fingerprint density at radius 3 is 2.37 bits per heavy atom. The number of hydrogen-bond donors (Lipinski definition) is 3. The number of rotatable bonds is 4. The average Bonchev–Trinajstić information content (AvgIpc) is 2.93. The van der Waals surface area contributed by atoms with Crippen LogP contribution in [0.5, 0.6) is 0 Å². The fourth-order valence-electron chi connectivity index (χ4n) is 1.79. The molecule has 5 nitrogen and oxygen atoms in total. The van der Waals surface area contributed by atoms with Gasteiger partial charge in [0.1, 0.15) is 5.69 Å². The van der Waals surface area contributed by atoms with Crippen LogP contribution in [-0.2, 0) is 10.3 Å². The summed E-state index contributed by atoms with van der Waals surface area (Å²) in [7, 11) is 0. The minimum atomic E-state index is -1.47. The number of carboxylic acid groups (broad SMARTS) is 1. The normalized spacial score (nSPS) is 13.5. The molecule has 0 radical (unpaired) electrons. The van der Waals surface area contributed by atoms with E-state index in [1.807, 2.05) is 0 Å². The van der Waals surface area contributed by atoms with Gasteiger partial charge in [-0.3, -0.25) is 4.79 Å². The molecule has 1 aromatic carbocycles. The van der Waals surface area contributed by atoms with Gasteiger partial charge in [0.15, 0.2) is 5.54 Å². The van der Waals surface area contributed by atoms with Gasteiger partial charge in [-0.2, -0.15) is 0 Å². The Morgan fingerprint density at radius 1 is 1.16 bits per heavy atom. The molecule has 19 heavy (non-hydrogen) atoms. The fourth-order valence-corrected chi connectivity index (χ4v) is 1.79. The zero-order valence-corrected chi connectivity index (χ0v) is 10.4. The van der Waals surface area contributed by atoms with Crippen molar-refractivity contribution in [2.75, 3.05) is 0 Å². The van der Waals surface area contributed by atoms with Crippen molar-refractivity contribution in [3.63, 3.8) is 0 Å². The Kier molecular flexibility index (Phi) is 3.37. The number of amides is 1. The lowest BCUT2D eigenvalue weighted by Crippen LogP contribution is -2.49. The monoisotopic (exact) mass is 258 g/mol. The largest absolute Gasteiger partial charge is 0.479 e. The molecular weight excluding hydrogens is 244 g/mol. The predicted octanol–water partition coefficient (Wildman–Crippen LogP) is 1.74. The van der Waals surface area contributed by atoms with Crippen molar-refractivity contribution in [3.8, 4) is 0 Å². The highest BCUT2D eigenvalue weighted by Crippen LogP contribution is 2.21. The van der Waals surface area contributed by atoms with Crippen molar-refractivity contribution in [2.45, 2.75) is 12.5 Å². The van der Waals surface area contributed by atoms with Crippen LogP contribution >= 0.6 is 0 Å². The summed E-state index contributed by atoms with van der Waals surface area (Å²) < 4.78 is 0. The summed E-state index contributed by atoms with van der Waals surface area (Å²) in [6.45, 7) is 1.46. The quantitative estimate of drug-likeness (QED) is 0.781. The van der Waals surface area contributed by atoms with Crippen LogP contribution in [0.1, 0.15) is 23.0 Å². The highest BCUT2D eigenvalue weighted by Gasteiger charge is 2.37. The second-order valence-electron chi connectivity index (χ2n) is 4.33. The molecule has 1 heterocycles. The summed E-state index contributed by atoms with van der Waals surface area (Å²) in [5, 5.41) is 11.9. The molecule has 1 atom stereocenters. The maximum atomic E-state index is 12.0. The molecule has 0 saturated carbocycles. The SMILES string of the molecule is CC(NC(=O)c1ccc[nH]1)(C(=O)O)c1ccccc1. The van der Waals surface area contributed by atoms with Crippen LogP contribution in [-0.4, -0.2) is 22.0 Å². The number of carbonyl (C=O) groups excluding carboxylic acids is 1. The number of carboxylic acids is 1. The Labute approximate surface area is 110 Å². The number of carbonyl (C=O) groups is 2. The first kappa shape index (κ1) is 12.9. The Bertz CT molecular complexity index is 578. The van der Waals surface area contributed by atoms with Gasteiger partial charge in [-0.25, -0.2) is 4.79 Å². The second kappa shape index (κ2) is 4.97. The van der Waals surface area contributed by atoms with E-state index in [9.17, 15) is 14.7 Å². The summed E-state index contributed by atoms with van der Waals surface area (Å²) in [5.41, 5.74) is -0.630. The maximum Gasteiger partial charge on any atom is 0.333 e. The number of hydrogen-bond acceptors (Lipinski definition) is 2. The van der Waals surface area contributed by atoms with Gasteiger partial charge in [-0.1, -0.05) is 30.3 Å². The van der Waals surface area contributed by atoms with Gasteiger partial charge < -0.3 is 15.4 Å². The molecule has 2 rings (SSSR count). The molecule has 0 spiro atoms. The lowest BCUT2D eigenvalue weighted by Gasteiger charge is -2.26. The molecule has 0 fully saturated rings. The number of nitrogens with one attached hydrogen (secondary N) is 2. The Balaban J connectivity index is 2.31. The van der Waals surface area contributed by atoms with Crippen molar-refractivity contribution < 1.29 is 14.7 Å². The third-order valence-corrected chi connectivity index (χ3v) is 2.98. The van der Waals surface area contributed by atoms with Gasteiger partial charge in [0, 0.05) is 6.20 Å². The second-order valence-corrected chi connectivity index (χ2v) is 4.33. The maximum absolute atomic E-state index is 12.0. The summed E-state index contributed by atoms with van der Waals surface area (Å²) in [4.78, 5) is 26.2. The van der Waals surface area contributed by atoms with Gasteiger partial charge in [-0.05, 0) is 24.6 Å². The lowest BCUT2D eigenvalue weighted by atomic mass is 9.92. The van der Waals surface area contributed by atoms with Crippen molar-refractivity contribution in [1.82, 2.24) is 10.3 Å². The molecule has 0 bridgehead atoms. The highest BCUT2D eigenvalue weighted by atomic mass is 16.4. The van der Waals surface area contributed by atoms with Crippen LogP contribution in [0.25, 0.3) is 0 Å². The van der Waals surface area contributed by atoms with Crippen LogP contribution in [0.4, 0.5) is 0 Å². The van der Waals surface area contributed by atoms with Crippen LogP contribution < -0.4 is 5.32 Å². The standard InChI is InChI=1S/C14H14N2O3/c1-14(13(18)19,10-6-3-2-4-7-10)16-12(17)11-8-5-9-15-11/h2-9,15H,1H3,(H,16,17)(H,18,19). The van der Waals surface area contributed by atoms with E-state index in [1.54, 1.807) is 48.7 Å². The minimum Gasteiger partial charge on any atom is -0.479 e. The van der Waals surface area contributed by atoms with Crippen molar-refractivity contribution in [3.05, 3.63) is 59.9 Å². The van der Waals surface area contributed by atoms with E-state index in [2.05, 4.69) is 10.3 Å². The third-order valence-electron chi connectivity index (χ3n) is 2.98. The topological polar surface area (TPSA) is 82.2 Å². The zero-order chi connectivity index (χ0) is 13.9. The zero-order valence-electron chi connectivity index (χ0n) is 10.4. The summed E-state index contributed by atoms with van der Waals surface area (Å²) in [6.07, 6.45) is 1.61. The molecule has 0 saturated heterocycles. The molecular formula is C14H14N2O3. The molecule has 1 amide bonds. The number of aromatic amines is 1. The Hall–Kier alpha value is -2.56. The van der Waals surface area contributed by atoms with Crippen LogP contribution in [0, 0.1) is 0 Å². The van der Waals surface area contributed by atoms with Gasteiger partial charge in [0.05, 0.1) is 0 Å². The van der Waals surface area contributed by atoms with E-state index in [0.29, 0.717) is 11.3 Å². The minimum absolute atomic E-state index is 0.323. The summed E-state index contributed by atoms with van der Waals surface area (Å²) >= 11 is 0. The number of aliphatic carboxylic acids is 1. The summed E-state index contributed by atoms with van der Waals surface area (Å²) in [6, 6.07) is 11.9. The van der Waals surface area contributed by atoms with Crippen molar-refractivity contribution >= 4 is 11.9 Å². The van der Waals surface area contributed by atoms with Crippen molar-refractivity contribution in [1.29, 1.82) is 0 Å². The van der Waals surface area contributed by atoms with E-state index in [1.165, 1.54) is 6.92 Å². The smallest absolute Gasteiger partial charge is 0.333 e. The predicted molar refractivity (Wildman–Crippen MR) is 69.7 cm³/mol. The summed E-state index contributed by atoms with van der Waals surface area (Å²) in [5.74, 6) is -1.57. The average molecular weight is 258 g/mol. The lowest BCUT2D eigenvalue weighted by molar-refractivity contribution is -0.144. The molecule has 1 unspecified atom stereocenters. The molecule has 2 aromatic rings. The van der Waals surface area contributed by atoms with E-state index in [0.717, 1.165) is 0 Å². The van der Waals surface area contributed by atoms with E-state index >= 15 is 0 Å². The van der Waals surface area contributed by atoms with Crippen LogP contribution in [0.3, 0.4) is 0 Å². The highest BCUT2D eigenvalue weighted by molar-refractivity contribution is 5.96. The number of H-pyrrole nitrogens is 1. The molecule has 0 aliphatic heterocycles. The van der Waals surface area contributed by atoms with E-state index < -0.39 is 17.4 Å². The molecule has 1 aromatic heterocycles. The molecule has 0 aliphatic carbocycles.